The molecule has 2 aromatic carbocycles. The number of ketones is 1. The number of benzene rings is 2. The minimum absolute atomic E-state index is 0.0587. The normalized spacial score (nSPS) is 17.5. The van der Waals surface area contributed by atoms with Crippen molar-refractivity contribution in [3.63, 3.8) is 0 Å². The Bertz CT molecular complexity index is 1280. The van der Waals surface area contributed by atoms with Gasteiger partial charge in [0.15, 0.2) is 5.78 Å². The van der Waals surface area contributed by atoms with Crippen LogP contribution in [0.25, 0.3) is 0 Å². The molecule has 1 saturated heterocycles. The molecule has 36 heavy (non-hydrogen) atoms. The molecule has 1 aliphatic rings. The van der Waals surface area contributed by atoms with E-state index in [1.807, 2.05) is 0 Å². The number of hydrogen-bond donors (Lipinski definition) is 3. The van der Waals surface area contributed by atoms with Gasteiger partial charge in [-0.05, 0) is 36.2 Å². The van der Waals surface area contributed by atoms with Gasteiger partial charge in [0.1, 0.15) is 0 Å². The first-order valence-corrected chi connectivity index (χ1v) is 11.1. The fraction of sp³-hybridized carbons (Fsp3) is 0.280. The Morgan fingerprint density at radius 3 is 2.50 bits per heavy atom. The van der Waals surface area contributed by atoms with E-state index >= 15 is 0 Å². The number of Topliss-reactive ketones (excluding diaryl/α,β-unsaturated/α-hetero) is 1. The minimum Gasteiger partial charge on any atom is -0.380 e. The summed E-state index contributed by atoms with van der Waals surface area (Å²) >= 11 is 0. The highest BCUT2D eigenvalue weighted by Gasteiger charge is 2.44. The lowest BCUT2D eigenvalue weighted by molar-refractivity contribution is -0.137. The predicted molar refractivity (Wildman–Crippen MR) is 125 cm³/mol. The Morgan fingerprint density at radius 2 is 1.86 bits per heavy atom. The fourth-order valence-corrected chi connectivity index (χ4v) is 3.98. The third-order valence-electron chi connectivity index (χ3n) is 6.00. The standard InChI is InChI=1S/C25H23F3N4O4/c26-25(27,28)19-3-1-2-4-20(19)32-18-7-5-16(6-8-18)12-29-22(34)24(9-10-36-15-24)11-21(33)17-13-30-23(35)31-14-17/h1-8,13-14,32H,9-12,15H2,(H,29,34)(H,30,31,35)/t24-/m0/s1. The number of nitrogens with one attached hydrogen (secondary N) is 3. The van der Waals surface area contributed by atoms with Crippen molar-refractivity contribution >= 4 is 23.1 Å². The van der Waals surface area contributed by atoms with Gasteiger partial charge in [-0.2, -0.15) is 13.2 Å². The molecular formula is C25H23F3N4O4. The number of aromatic amines is 1. The maximum atomic E-state index is 13.2. The molecule has 0 saturated carbocycles. The van der Waals surface area contributed by atoms with Gasteiger partial charge in [0.25, 0.3) is 0 Å². The summed E-state index contributed by atoms with van der Waals surface area (Å²) in [5.41, 5.74) is -1.06. The zero-order valence-electron chi connectivity index (χ0n) is 19.0. The van der Waals surface area contributed by atoms with Gasteiger partial charge in [0.2, 0.25) is 5.91 Å². The second-order valence-corrected chi connectivity index (χ2v) is 8.54. The third kappa shape index (κ3) is 5.80. The summed E-state index contributed by atoms with van der Waals surface area (Å²) in [4.78, 5) is 42.8. The number of ether oxygens (including phenoxy) is 1. The van der Waals surface area contributed by atoms with E-state index in [-0.39, 0.29) is 42.5 Å². The Morgan fingerprint density at radius 1 is 1.11 bits per heavy atom. The number of carbonyl (C=O) groups excluding carboxylic acids is 2. The van der Waals surface area contributed by atoms with E-state index in [2.05, 4.69) is 20.6 Å². The van der Waals surface area contributed by atoms with Crippen LogP contribution in [0.2, 0.25) is 0 Å². The molecular weight excluding hydrogens is 477 g/mol. The molecule has 188 valence electrons. The lowest BCUT2D eigenvalue weighted by Gasteiger charge is -2.25. The third-order valence-corrected chi connectivity index (χ3v) is 6.00. The number of H-pyrrole nitrogens is 1. The Balaban J connectivity index is 1.39. The van der Waals surface area contributed by atoms with Gasteiger partial charge in [-0.3, -0.25) is 9.59 Å². The second-order valence-electron chi connectivity index (χ2n) is 8.54. The van der Waals surface area contributed by atoms with Crippen molar-refractivity contribution in [3.8, 4) is 0 Å². The number of rotatable bonds is 8. The molecule has 11 heteroatoms. The summed E-state index contributed by atoms with van der Waals surface area (Å²) in [6, 6.07) is 11.8. The van der Waals surface area contributed by atoms with Crippen LogP contribution in [0.5, 0.6) is 0 Å². The number of nitrogens with zero attached hydrogens (tertiary/aromatic N) is 1. The monoisotopic (exact) mass is 500 g/mol. The van der Waals surface area contributed by atoms with E-state index < -0.39 is 22.8 Å². The average Bonchev–Trinajstić information content (AvgIpc) is 3.33. The molecule has 1 amide bonds. The van der Waals surface area contributed by atoms with Crippen LogP contribution in [-0.2, 0) is 22.3 Å². The van der Waals surface area contributed by atoms with Crippen LogP contribution in [0, 0.1) is 5.41 Å². The zero-order valence-corrected chi connectivity index (χ0v) is 19.0. The summed E-state index contributed by atoms with van der Waals surface area (Å²) in [5, 5.41) is 5.61. The molecule has 2 heterocycles. The molecule has 8 nitrogen and oxygen atoms in total. The van der Waals surface area contributed by atoms with E-state index in [9.17, 15) is 27.6 Å². The smallest absolute Gasteiger partial charge is 0.380 e. The number of hydrogen-bond acceptors (Lipinski definition) is 6. The molecule has 1 fully saturated rings. The van der Waals surface area contributed by atoms with Crippen molar-refractivity contribution in [1.82, 2.24) is 15.3 Å². The van der Waals surface area contributed by atoms with Gasteiger partial charge >= 0.3 is 11.9 Å². The highest BCUT2D eigenvalue weighted by molar-refractivity contribution is 5.99. The Kier molecular flexibility index (Phi) is 7.20. The van der Waals surface area contributed by atoms with Gasteiger partial charge in [-0.1, -0.05) is 24.3 Å². The largest absolute Gasteiger partial charge is 0.418 e. The first-order valence-electron chi connectivity index (χ1n) is 11.1. The molecule has 0 unspecified atom stereocenters. The van der Waals surface area contributed by atoms with Crippen molar-refractivity contribution < 1.29 is 27.5 Å². The Hall–Kier alpha value is -3.99. The summed E-state index contributed by atoms with van der Waals surface area (Å²) in [6.45, 7) is 0.585. The van der Waals surface area contributed by atoms with Crippen molar-refractivity contribution in [2.75, 3.05) is 18.5 Å². The number of aromatic nitrogens is 2. The van der Waals surface area contributed by atoms with Crippen LogP contribution < -0.4 is 16.3 Å². The van der Waals surface area contributed by atoms with Crippen LogP contribution in [0.3, 0.4) is 0 Å². The van der Waals surface area contributed by atoms with Gasteiger partial charge in [-0.25, -0.2) is 9.78 Å². The molecule has 4 rings (SSSR count). The van der Waals surface area contributed by atoms with Crippen molar-refractivity contribution in [1.29, 1.82) is 0 Å². The van der Waals surface area contributed by atoms with E-state index in [0.717, 1.165) is 11.6 Å². The topological polar surface area (TPSA) is 113 Å². The minimum atomic E-state index is -4.48. The van der Waals surface area contributed by atoms with E-state index in [0.29, 0.717) is 18.7 Å². The zero-order chi connectivity index (χ0) is 25.8. The second kappa shape index (κ2) is 10.3. The van der Waals surface area contributed by atoms with Crippen LogP contribution in [0.1, 0.15) is 34.3 Å². The lowest BCUT2D eigenvalue weighted by Crippen LogP contribution is -2.42. The van der Waals surface area contributed by atoms with Crippen LogP contribution >= 0.6 is 0 Å². The molecule has 1 aliphatic heterocycles. The van der Waals surface area contributed by atoms with E-state index in [4.69, 9.17) is 4.74 Å². The molecule has 0 spiro atoms. The highest BCUT2D eigenvalue weighted by Crippen LogP contribution is 2.36. The quantitative estimate of drug-likeness (QED) is 0.405. The SMILES string of the molecule is O=C(C[C@@]1(C(=O)NCc2ccc(Nc3ccccc3C(F)(F)F)cc2)CCOC1)c1cnc(=O)[nH]c1. The lowest BCUT2D eigenvalue weighted by atomic mass is 9.80. The molecule has 3 aromatic rings. The van der Waals surface area contributed by atoms with Crippen LogP contribution in [0.4, 0.5) is 24.5 Å². The van der Waals surface area contributed by atoms with Crippen molar-refractivity contribution in [3.05, 3.63) is 88.1 Å². The molecule has 1 atom stereocenters. The van der Waals surface area contributed by atoms with Gasteiger partial charge in [0, 0.05) is 37.7 Å². The van der Waals surface area contributed by atoms with Gasteiger partial charge < -0.3 is 20.4 Å². The first kappa shape index (κ1) is 25.1. The maximum absolute atomic E-state index is 13.2. The number of amides is 1. The number of alkyl halides is 3. The summed E-state index contributed by atoms with van der Waals surface area (Å²) < 4.78 is 45.1. The number of para-hydroxylation sites is 1. The Labute approximate surface area is 203 Å². The molecule has 3 N–H and O–H groups in total. The van der Waals surface area contributed by atoms with Crippen LogP contribution in [0.15, 0.2) is 65.7 Å². The maximum Gasteiger partial charge on any atom is 0.418 e. The predicted octanol–water partition coefficient (Wildman–Crippen LogP) is 3.83. The van der Waals surface area contributed by atoms with Crippen molar-refractivity contribution in [2.24, 2.45) is 5.41 Å². The summed E-state index contributed by atoms with van der Waals surface area (Å²) in [7, 11) is 0. The molecule has 1 aromatic heterocycles. The summed E-state index contributed by atoms with van der Waals surface area (Å²) in [5.74, 6) is -0.680. The molecule has 0 bridgehead atoms. The van der Waals surface area contributed by atoms with E-state index in [1.165, 1.54) is 30.6 Å². The fourth-order valence-electron chi connectivity index (χ4n) is 3.98. The summed E-state index contributed by atoms with van der Waals surface area (Å²) in [6.07, 6.45) is -1.78. The first-order chi connectivity index (χ1) is 17.2. The average molecular weight is 500 g/mol. The molecule has 0 aliphatic carbocycles. The van der Waals surface area contributed by atoms with E-state index in [1.54, 1.807) is 24.3 Å². The van der Waals surface area contributed by atoms with Gasteiger partial charge in [-0.15, -0.1) is 0 Å². The van der Waals surface area contributed by atoms with Crippen LogP contribution in [-0.4, -0.2) is 34.9 Å². The van der Waals surface area contributed by atoms with Crippen molar-refractivity contribution in [2.45, 2.75) is 25.6 Å². The molecule has 0 radical (unpaired) electrons. The number of anilines is 2. The number of carbonyl (C=O) groups is 2. The van der Waals surface area contributed by atoms with Gasteiger partial charge in [0.05, 0.1) is 28.8 Å². The highest BCUT2D eigenvalue weighted by atomic mass is 19.4. The number of halogens is 3.